The van der Waals surface area contributed by atoms with Crippen molar-refractivity contribution >= 4 is 16.2 Å². The van der Waals surface area contributed by atoms with E-state index in [9.17, 15) is 13.2 Å². The van der Waals surface area contributed by atoms with E-state index in [-0.39, 0.29) is 19.8 Å². The van der Waals surface area contributed by atoms with Crippen LogP contribution >= 0.6 is 0 Å². The van der Waals surface area contributed by atoms with Crippen LogP contribution in [-0.4, -0.2) is 67.5 Å². The van der Waals surface area contributed by atoms with Crippen LogP contribution in [0.4, 0.5) is 0 Å². The molecule has 0 spiro atoms. The minimum atomic E-state index is -3.71. The van der Waals surface area contributed by atoms with E-state index in [2.05, 4.69) is 0 Å². The lowest BCUT2D eigenvalue weighted by Gasteiger charge is -2.27. The summed E-state index contributed by atoms with van der Waals surface area (Å²) in [6, 6.07) is -0.740. The van der Waals surface area contributed by atoms with Gasteiger partial charge in [-0.2, -0.15) is 17.0 Å². The summed E-state index contributed by atoms with van der Waals surface area (Å²) < 4.78 is 31.4. The number of aliphatic hydroxyl groups is 1. The molecule has 18 heavy (non-hydrogen) atoms. The summed E-state index contributed by atoms with van der Waals surface area (Å²) in [5.41, 5.74) is 0. The number of rotatable bonds is 6. The zero-order valence-electron chi connectivity index (χ0n) is 10.7. The summed E-state index contributed by atoms with van der Waals surface area (Å²) in [6.07, 6.45) is 1.11. The molecule has 0 bridgehead atoms. The van der Waals surface area contributed by atoms with Crippen molar-refractivity contribution in [2.24, 2.45) is 0 Å². The fourth-order valence-electron chi connectivity index (χ4n) is 1.93. The zero-order valence-corrected chi connectivity index (χ0v) is 11.5. The van der Waals surface area contributed by atoms with Gasteiger partial charge in [-0.1, -0.05) is 0 Å². The predicted octanol–water partition coefficient (Wildman–Crippen LogP) is -0.817. The fourth-order valence-corrected chi connectivity index (χ4v) is 3.47. The van der Waals surface area contributed by atoms with E-state index in [0.717, 1.165) is 8.61 Å². The highest BCUT2D eigenvalue weighted by Crippen LogP contribution is 2.23. The molecule has 1 saturated heterocycles. The van der Waals surface area contributed by atoms with Crippen LogP contribution in [0.25, 0.3) is 0 Å². The lowest BCUT2D eigenvalue weighted by Crippen LogP contribution is -2.48. The highest BCUT2D eigenvalue weighted by atomic mass is 32.2. The second-order valence-corrected chi connectivity index (χ2v) is 6.06. The van der Waals surface area contributed by atoms with Crippen molar-refractivity contribution in [3.05, 3.63) is 0 Å². The van der Waals surface area contributed by atoms with E-state index >= 15 is 0 Å². The normalized spacial score (nSPS) is 21.4. The molecule has 1 atom stereocenters. The smallest absolute Gasteiger partial charge is 0.324 e. The van der Waals surface area contributed by atoms with Gasteiger partial charge < -0.3 is 9.84 Å². The van der Waals surface area contributed by atoms with Gasteiger partial charge in [0.15, 0.2) is 0 Å². The van der Waals surface area contributed by atoms with E-state index in [0.29, 0.717) is 19.4 Å². The molecule has 8 heteroatoms. The first-order valence-corrected chi connectivity index (χ1v) is 7.35. The number of hydrogen-bond donors (Lipinski definition) is 1. The van der Waals surface area contributed by atoms with Crippen LogP contribution in [0.5, 0.6) is 0 Å². The lowest BCUT2D eigenvalue weighted by molar-refractivity contribution is -0.146. The zero-order chi connectivity index (χ0) is 13.8. The average Bonchev–Trinajstić information content (AvgIpc) is 2.79. The summed E-state index contributed by atoms with van der Waals surface area (Å²) in [5, 5.41) is 8.79. The Morgan fingerprint density at radius 2 is 2.22 bits per heavy atom. The fraction of sp³-hybridized carbons (Fsp3) is 0.900. The van der Waals surface area contributed by atoms with Crippen molar-refractivity contribution < 1.29 is 23.1 Å². The number of carbonyl (C=O) groups is 1. The predicted molar refractivity (Wildman–Crippen MR) is 65.0 cm³/mol. The molecule has 0 aromatic rings. The lowest BCUT2D eigenvalue weighted by atomic mass is 10.2. The molecule has 1 aliphatic rings. The van der Waals surface area contributed by atoms with Crippen molar-refractivity contribution in [2.75, 3.05) is 33.4 Å². The van der Waals surface area contributed by atoms with E-state index in [1.54, 1.807) is 6.92 Å². The number of carbonyl (C=O) groups excluding carboxylic acids is 1. The van der Waals surface area contributed by atoms with E-state index in [1.165, 1.54) is 7.05 Å². The van der Waals surface area contributed by atoms with Gasteiger partial charge in [-0.15, -0.1) is 0 Å². The molecule has 1 N–H and O–H groups in total. The first-order chi connectivity index (χ1) is 8.45. The van der Waals surface area contributed by atoms with Crippen molar-refractivity contribution in [3.8, 4) is 0 Å². The van der Waals surface area contributed by atoms with E-state index < -0.39 is 22.2 Å². The molecule has 7 nitrogen and oxygen atoms in total. The monoisotopic (exact) mass is 280 g/mol. The minimum Gasteiger partial charge on any atom is -0.465 e. The first-order valence-electron chi connectivity index (χ1n) is 5.95. The largest absolute Gasteiger partial charge is 0.465 e. The second kappa shape index (κ2) is 6.46. The van der Waals surface area contributed by atoms with Crippen molar-refractivity contribution in [1.29, 1.82) is 0 Å². The maximum atomic E-state index is 12.2. The quantitative estimate of drug-likeness (QED) is 0.643. The number of aliphatic hydroxyl groups excluding tert-OH is 1. The van der Waals surface area contributed by atoms with Gasteiger partial charge in [0.05, 0.1) is 13.2 Å². The molecule has 106 valence electrons. The summed E-state index contributed by atoms with van der Waals surface area (Å²) in [7, 11) is -2.33. The number of hydrogen-bond acceptors (Lipinski definition) is 5. The molecule has 1 heterocycles. The first kappa shape index (κ1) is 15.4. The Morgan fingerprint density at radius 3 is 2.78 bits per heavy atom. The van der Waals surface area contributed by atoms with Crippen LogP contribution in [0.15, 0.2) is 0 Å². The van der Waals surface area contributed by atoms with Gasteiger partial charge in [0.1, 0.15) is 6.04 Å². The average molecular weight is 280 g/mol. The molecule has 1 aliphatic heterocycles. The molecule has 0 aromatic heterocycles. The maximum Gasteiger partial charge on any atom is 0.324 e. The summed E-state index contributed by atoms with van der Waals surface area (Å²) in [6.45, 7) is 1.98. The number of likely N-dealkylation sites (N-methyl/N-ethyl adjacent to an activating group) is 1. The van der Waals surface area contributed by atoms with Crippen LogP contribution in [-0.2, 0) is 19.7 Å². The molecule has 0 saturated carbocycles. The van der Waals surface area contributed by atoms with Crippen molar-refractivity contribution in [2.45, 2.75) is 25.8 Å². The molecule has 1 rings (SSSR count). The maximum absolute atomic E-state index is 12.2. The Hall–Kier alpha value is -0.700. The van der Waals surface area contributed by atoms with Gasteiger partial charge in [-0.05, 0) is 19.8 Å². The van der Waals surface area contributed by atoms with Crippen LogP contribution < -0.4 is 0 Å². The van der Waals surface area contributed by atoms with Gasteiger partial charge in [0.25, 0.3) is 10.2 Å². The Kier molecular flexibility index (Phi) is 5.51. The number of esters is 1. The summed E-state index contributed by atoms with van der Waals surface area (Å²) >= 11 is 0. The van der Waals surface area contributed by atoms with Crippen LogP contribution in [0.2, 0.25) is 0 Å². The van der Waals surface area contributed by atoms with Gasteiger partial charge >= 0.3 is 5.97 Å². The third-order valence-corrected chi connectivity index (χ3v) is 4.87. The topological polar surface area (TPSA) is 87.2 Å². The molecule has 0 amide bonds. The molecule has 0 aromatic carbocycles. The molecular weight excluding hydrogens is 260 g/mol. The molecule has 0 aliphatic carbocycles. The third-order valence-electron chi connectivity index (χ3n) is 2.87. The standard InChI is InChI=1S/C10H20N2O5S/c1-3-17-10(14)9-5-4-6-12(9)18(15,16)11(2)7-8-13/h9,13H,3-8H2,1-2H3. The Bertz CT molecular complexity index is 384. The molecule has 0 radical (unpaired) electrons. The number of nitrogens with zero attached hydrogens (tertiary/aromatic N) is 2. The Morgan fingerprint density at radius 1 is 1.56 bits per heavy atom. The van der Waals surface area contributed by atoms with E-state index in [4.69, 9.17) is 9.84 Å². The SMILES string of the molecule is CCOC(=O)C1CCCN1S(=O)(=O)N(C)CCO. The van der Waals surface area contributed by atoms with Gasteiger partial charge in [-0.25, -0.2) is 0 Å². The highest BCUT2D eigenvalue weighted by molar-refractivity contribution is 7.86. The van der Waals surface area contributed by atoms with Gasteiger partial charge in [0.2, 0.25) is 0 Å². The van der Waals surface area contributed by atoms with Crippen LogP contribution in [0.1, 0.15) is 19.8 Å². The Balaban J connectivity index is 2.83. The van der Waals surface area contributed by atoms with Crippen LogP contribution in [0.3, 0.4) is 0 Å². The minimum absolute atomic E-state index is 0.00831. The van der Waals surface area contributed by atoms with E-state index in [1.807, 2.05) is 0 Å². The highest BCUT2D eigenvalue weighted by Gasteiger charge is 2.41. The third kappa shape index (κ3) is 3.19. The van der Waals surface area contributed by atoms with Crippen molar-refractivity contribution in [3.63, 3.8) is 0 Å². The summed E-state index contributed by atoms with van der Waals surface area (Å²) in [4.78, 5) is 11.7. The second-order valence-electron chi connectivity index (χ2n) is 4.07. The van der Waals surface area contributed by atoms with Gasteiger partial charge in [0, 0.05) is 20.1 Å². The molecular formula is C10H20N2O5S. The molecule has 1 fully saturated rings. The summed E-state index contributed by atoms with van der Waals surface area (Å²) in [5.74, 6) is -0.504. The van der Waals surface area contributed by atoms with Crippen molar-refractivity contribution in [1.82, 2.24) is 8.61 Å². The number of ether oxygens (including phenoxy) is 1. The van der Waals surface area contributed by atoms with Gasteiger partial charge in [-0.3, -0.25) is 4.79 Å². The Labute approximate surface area is 108 Å². The molecule has 1 unspecified atom stereocenters. The van der Waals surface area contributed by atoms with Crippen LogP contribution in [0, 0.1) is 0 Å².